The molecule has 9 heteroatoms. The molecule has 1 atom stereocenters. The first kappa shape index (κ1) is 26.9. The summed E-state index contributed by atoms with van der Waals surface area (Å²) in [7, 11) is 1.56. The molecule has 37 heavy (non-hydrogen) atoms. The number of aryl methyl sites for hydroxylation is 1. The van der Waals surface area contributed by atoms with Crippen LogP contribution in [0, 0.1) is 12.7 Å². The zero-order valence-electron chi connectivity index (χ0n) is 21.9. The molecule has 1 aliphatic rings. The van der Waals surface area contributed by atoms with Gasteiger partial charge in [-0.3, -0.25) is 14.5 Å². The molecule has 0 radical (unpaired) electrons. The number of aromatic nitrogens is 2. The summed E-state index contributed by atoms with van der Waals surface area (Å²) < 4.78 is 21.1. The van der Waals surface area contributed by atoms with Crippen LogP contribution >= 0.6 is 11.8 Å². The van der Waals surface area contributed by atoms with Gasteiger partial charge in [0.2, 0.25) is 11.8 Å². The predicted octanol–water partition coefficient (Wildman–Crippen LogP) is 4.55. The number of hydrogen-bond donors (Lipinski definition) is 1. The van der Waals surface area contributed by atoms with Crippen molar-refractivity contribution in [2.24, 2.45) is 0 Å². The monoisotopic (exact) mass is 524 g/mol. The Morgan fingerprint density at radius 3 is 2.59 bits per heavy atom. The van der Waals surface area contributed by atoms with Crippen molar-refractivity contribution in [1.29, 1.82) is 0 Å². The lowest BCUT2D eigenvalue weighted by Crippen LogP contribution is -2.43. The Bertz CT molecular complexity index is 1280. The Kier molecular flexibility index (Phi) is 8.04. The number of amides is 2. The highest BCUT2D eigenvalue weighted by Crippen LogP contribution is 2.48. The molecule has 0 bridgehead atoms. The third-order valence-electron chi connectivity index (χ3n) is 6.16. The number of methoxy groups -OCH3 is 1. The second-order valence-corrected chi connectivity index (χ2v) is 11.2. The van der Waals surface area contributed by atoms with Crippen LogP contribution in [0.5, 0.6) is 0 Å². The molecule has 1 aromatic heterocycles. The molecule has 2 amide bonds. The van der Waals surface area contributed by atoms with E-state index in [1.807, 2.05) is 37.3 Å². The third-order valence-corrected chi connectivity index (χ3v) is 7.41. The smallest absolute Gasteiger partial charge is 0.240 e. The molecule has 0 fully saturated rings. The topological polar surface area (TPSA) is 76.5 Å². The second-order valence-electron chi connectivity index (χ2n) is 10.2. The van der Waals surface area contributed by atoms with Crippen LogP contribution in [0.25, 0.3) is 5.69 Å². The standard InChI is InChI=1S/C28H33FN4O3S/c1-18-9-11-21(12-10-18)33-27-24(26(31-33)28(2,3)4)25(19-7-6-8-20(29)15-19)37-17-23(35)32(27)16-22(34)30-13-14-36-5/h6-12,15,25H,13-14,16-17H2,1-5H3,(H,30,34). The molecule has 196 valence electrons. The number of anilines is 1. The Morgan fingerprint density at radius 1 is 1.22 bits per heavy atom. The number of thioether (sulfide) groups is 1. The number of ether oxygens (including phenoxy) is 1. The lowest BCUT2D eigenvalue weighted by Gasteiger charge is -2.24. The van der Waals surface area contributed by atoms with Gasteiger partial charge in [-0.2, -0.15) is 5.10 Å². The summed E-state index contributed by atoms with van der Waals surface area (Å²) in [6, 6.07) is 14.3. The molecule has 4 rings (SSSR count). The molecule has 1 unspecified atom stereocenters. The normalized spacial score (nSPS) is 15.9. The number of rotatable bonds is 7. The Morgan fingerprint density at radius 2 is 1.95 bits per heavy atom. The Balaban J connectivity index is 1.95. The van der Waals surface area contributed by atoms with Gasteiger partial charge in [0, 0.05) is 24.6 Å². The van der Waals surface area contributed by atoms with Crippen LogP contribution in [0.1, 0.15) is 48.4 Å². The van der Waals surface area contributed by atoms with Crippen molar-refractivity contribution in [1.82, 2.24) is 15.1 Å². The molecule has 0 aliphatic carbocycles. The average Bonchev–Trinajstić information content (AvgIpc) is 3.18. The highest BCUT2D eigenvalue weighted by atomic mass is 32.2. The van der Waals surface area contributed by atoms with E-state index in [1.165, 1.54) is 28.8 Å². The van der Waals surface area contributed by atoms with E-state index >= 15 is 0 Å². The number of hydrogen-bond acceptors (Lipinski definition) is 5. The second kappa shape index (κ2) is 11.1. The van der Waals surface area contributed by atoms with E-state index < -0.39 is 0 Å². The molecule has 3 aromatic rings. The summed E-state index contributed by atoms with van der Waals surface area (Å²) in [6.45, 7) is 8.76. The van der Waals surface area contributed by atoms with Crippen molar-refractivity contribution in [3.05, 3.63) is 76.7 Å². The SMILES string of the molecule is COCCNC(=O)CN1C(=O)CSC(c2cccc(F)c2)c2c(C(C)(C)C)nn(-c3ccc(C)cc3)c21. The van der Waals surface area contributed by atoms with E-state index in [4.69, 9.17) is 9.84 Å². The summed E-state index contributed by atoms with van der Waals surface area (Å²) in [5.41, 5.74) is 3.85. The summed E-state index contributed by atoms with van der Waals surface area (Å²) in [5.74, 6) is -0.161. The van der Waals surface area contributed by atoms with Crippen LogP contribution in [0.4, 0.5) is 10.2 Å². The molecule has 1 N–H and O–H groups in total. The molecular weight excluding hydrogens is 491 g/mol. The maximum Gasteiger partial charge on any atom is 0.240 e. The zero-order valence-corrected chi connectivity index (χ0v) is 22.7. The Hall–Kier alpha value is -3.17. The summed E-state index contributed by atoms with van der Waals surface area (Å²) in [4.78, 5) is 28.0. The van der Waals surface area contributed by atoms with Crippen molar-refractivity contribution >= 4 is 29.4 Å². The number of nitrogens with zero attached hydrogens (tertiary/aromatic N) is 3. The van der Waals surface area contributed by atoms with Gasteiger partial charge in [0.15, 0.2) is 0 Å². The molecule has 0 saturated carbocycles. The van der Waals surface area contributed by atoms with Crippen LogP contribution in [0.15, 0.2) is 48.5 Å². The van der Waals surface area contributed by atoms with E-state index in [9.17, 15) is 14.0 Å². The van der Waals surface area contributed by atoms with Gasteiger partial charge in [-0.15, -0.1) is 11.8 Å². The van der Waals surface area contributed by atoms with Gasteiger partial charge < -0.3 is 10.1 Å². The molecule has 1 aliphatic heterocycles. The van der Waals surface area contributed by atoms with Gasteiger partial charge in [0.05, 0.1) is 29.0 Å². The van der Waals surface area contributed by atoms with Crippen LogP contribution in [-0.2, 0) is 19.7 Å². The van der Waals surface area contributed by atoms with Crippen molar-refractivity contribution in [2.75, 3.05) is 37.5 Å². The zero-order chi connectivity index (χ0) is 26.7. The van der Waals surface area contributed by atoms with Crippen molar-refractivity contribution in [3.63, 3.8) is 0 Å². The van der Waals surface area contributed by atoms with Crippen LogP contribution < -0.4 is 10.2 Å². The molecule has 0 saturated heterocycles. The molecular formula is C28H33FN4O3S. The maximum atomic E-state index is 14.3. The minimum Gasteiger partial charge on any atom is -0.383 e. The van der Waals surface area contributed by atoms with E-state index in [0.29, 0.717) is 19.0 Å². The van der Waals surface area contributed by atoms with Crippen LogP contribution in [-0.4, -0.2) is 54.2 Å². The minimum atomic E-state index is -0.383. The summed E-state index contributed by atoms with van der Waals surface area (Å²) >= 11 is 1.43. The number of nitrogens with one attached hydrogen (secondary N) is 1. The number of benzene rings is 2. The first-order valence-corrected chi connectivity index (χ1v) is 13.3. The van der Waals surface area contributed by atoms with Crippen molar-refractivity contribution < 1.29 is 18.7 Å². The predicted molar refractivity (Wildman–Crippen MR) is 145 cm³/mol. The molecule has 2 heterocycles. The van der Waals surface area contributed by atoms with Crippen LogP contribution in [0.2, 0.25) is 0 Å². The summed E-state index contributed by atoms with van der Waals surface area (Å²) in [6.07, 6.45) is 0. The maximum absolute atomic E-state index is 14.3. The number of halogens is 1. The number of carbonyl (C=O) groups is 2. The third kappa shape index (κ3) is 5.88. The van der Waals surface area contributed by atoms with Crippen molar-refractivity contribution in [2.45, 2.75) is 38.4 Å². The van der Waals surface area contributed by atoms with Gasteiger partial charge in [-0.05, 0) is 36.8 Å². The first-order chi connectivity index (χ1) is 17.6. The fourth-order valence-electron chi connectivity index (χ4n) is 4.36. The van der Waals surface area contributed by atoms with E-state index in [-0.39, 0.29) is 40.6 Å². The minimum absolute atomic E-state index is 0.138. The molecule has 0 spiro atoms. The number of carbonyl (C=O) groups excluding carboxylic acids is 2. The van der Waals surface area contributed by atoms with E-state index in [1.54, 1.807) is 17.9 Å². The molecule has 2 aromatic carbocycles. The fraction of sp³-hybridized carbons (Fsp3) is 0.393. The average molecular weight is 525 g/mol. The number of fused-ring (bicyclic) bond motifs is 1. The van der Waals surface area contributed by atoms with Gasteiger partial charge in [0.1, 0.15) is 18.2 Å². The summed E-state index contributed by atoms with van der Waals surface area (Å²) in [5, 5.41) is 7.50. The van der Waals surface area contributed by atoms with Crippen molar-refractivity contribution in [3.8, 4) is 5.69 Å². The van der Waals surface area contributed by atoms with Gasteiger partial charge >= 0.3 is 0 Å². The van der Waals surface area contributed by atoms with Gasteiger partial charge in [0.25, 0.3) is 0 Å². The quantitative estimate of drug-likeness (QED) is 0.459. The molecule has 7 nitrogen and oxygen atoms in total. The highest BCUT2D eigenvalue weighted by molar-refractivity contribution is 8.00. The lowest BCUT2D eigenvalue weighted by molar-refractivity contribution is -0.123. The largest absolute Gasteiger partial charge is 0.383 e. The Labute approximate surface area is 221 Å². The van der Waals surface area contributed by atoms with Crippen LogP contribution in [0.3, 0.4) is 0 Å². The van der Waals surface area contributed by atoms with Gasteiger partial charge in [-0.25, -0.2) is 9.07 Å². The highest BCUT2D eigenvalue weighted by Gasteiger charge is 2.40. The van der Waals surface area contributed by atoms with E-state index in [0.717, 1.165) is 28.1 Å². The van der Waals surface area contributed by atoms with E-state index in [2.05, 4.69) is 26.1 Å². The lowest BCUT2D eigenvalue weighted by atomic mass is 9.87. The first-order valence-electron chi connectivity index (χ1n) is 12.2. The fourth-order valence-corrected chi connectivity index (χ4v) is 5.55. The van der Waals surface area contributed by atoms with Gasteiger partial charge in [-0.1, -0.05) is 50.6 Å².